The Labute approximate surface area is 155 Å². The van der Waals surface area contributed by atoms with Crippen LogP contribution < -0.4 is 10.1 Å². The number of aliphatic imine (C=N–C) groups is 1. The molecule has 1 aliphatic heterocycles. The lowest BCUT2D eigenvalue weighted by molar-refractivity contribution is 0.283. The average molecular weight is 352 g/mol. The Bertz CT molecular complexity index is 770. The quantitative estimate of drug-likeness (QED) is 0.783. The van der Waals surface area contributed by atoms with Gasteiger partial charge in [-0.05, 0) is 56.2 Å². The van der Waals surface area contributed by atoms with Crippen LogP contribution in [0, 0.1) is 0 Å². The van der Waals surface area contributed by atoms with Crippen molar-refractivity contribution in [1.82, 2.24) is 5.32 Å². The summed E-state index contributed by atoms with van der Waals surface area (Å²) in [7, 11) is 0. The molecule has 1 heterocycles. The molecular weight excluding hydrogens is 324 g/mol. The van der Waals surface area contributed by atoms with E-state index in [4.69, 9.17) is 9.73 Å². The third-order valence-electron chi connectivity index (χ3n) is 4.81. The van der Waals surface area contributed by atoms with E-state index in [9.17, 15) is 5.11 Å². The summed E-state index contributed by atoms with van der Waals surface area (Å²) in [5, 5.41) is 14.0. The van der Waals surface area contributed by atoms with E-state index in [0.29, 0.717) is 12.4 Å². The van der Waals surface area contributed by atoms with Crippen LogP contribution in [0.15, 0.2) is 53.5 Å². The van der Waals surface area contributed by atoms with Gasteiger partial charge < -0.3 is 9.84 Å². The van der Waals surface area contributed by atoms with Crippen LogP contribution in [-0.4, -0.2) is 23.1 Å². The molecule has 2 aromatic carbocycles. The highest BCUT2D eigenvalue weighted by Gasteiger charge is 2.33. The number of phenolic OH excluding ortho intramolecular Hbond substituents is 1. The third kappa shape index (κ3) is 4.07. The fraction of sp³-hybridized carbons (Fsp3) is 0.409. The summed E-state index contributed by atoms with van der Waals surface area (Å²) < 4.78 is 5.55. The summed E-state index contributed by atoms with van der Waals surface area (Å²) in [6, 6.07) is 15.7. The molecule has 0 radical (unpaired) electrons. The second-order valence-electron chi connectivity index (χ2n) is 7.00. The standard InChI is InChI=1S/C22H28N2O2/c1-4-14-22(3)23-19(16-10-12-17(13-11-16)26-5-2)15-20(24-22)18-8-6-7-9-21(18)25/h6-13,20,24-25H,4-5,14-15H2,1-3H3/t20-,22-/m1/s1. The average Bonchev–Trinajstić information content (AvgIpc) is 2.62. The minimum Gasteiger partial charge on any atom is -0.508 e. The highest BCUT2D eigenvalue weighted by Crippen LogP contribution is 2.34. The van der Waals surface area contributed by atoms with Gasteiger partial charge in [-0.25, -0.2) is 0 Å². The van der Waals surface area contributed by atoms with Crippen LogP contribution in [0.25, 0.3) is 0 Å². The fourth-order valence-corrected chi connectivity index (χ4v) is 3.67. The molecule has 2 N–H and O–H groups in total. The molecule has 4 heteroatoms. The maximum absolute atomic E-state index is 10.3. The molecule has 0 aliphatic carbocycles. The molecule has 3 rings (SSSR count). The Hall–Kier alpha value is -2.33. The van der Waals surface area contributed by atoms with Gasteiger partial charge in [0.1, 0.15) is 17.2 Å². The Balaban J connectivity index is 1.94. The number of ether oxygens (including phenoxy) is 1. The monoisotopic (exact) mass is 352 g/mol. The summed E-state index contributed by atoms with van der Waals surface area (Å²) in [4.78, 5) is 5.04. The van der Waals surface area contributed by atoms with Crippen molar-refractivity contribution in [3.8, 4) is 11.5 Å². The first kappa shape index (κ1) is 18.5. The molecule has 1 aliphatic rings. The van der Waals surface area contributed by atoms with Gasteiger partial charge in [0.05, 0.1) is 6.61 Å². The van der Waals surface area contributed by atoms with Gasteiger partial charge >= 0.3 is 0 Å². The molecule has 138 valence electrons. The zero-order valence-corrected chi connectivity index (χ0v) is 15.8. The number of hydrogen-bond donors (Lipinski definition) is 2. The Morgan fingerprint density at radius 1 is 1.15 bits per heavy atom. The molecule has 4 nitrogen and oxygen atoms in total. The van der Waals surface area contributed by atoms with Crippen LogP contribution >= 0.6 is 0 Å². The lowest BCUT2D eigenvalue weighted by Crippen LogP contribution is -2.47. The van der Waals surface area contributed by atoms with E-state index in [1.807, 2.05) is 37.3 Å². The minimum atomic E-state index is -0.339. The van der Waals surface area contributed by atoms with Crippen molar-refractivity contribution in [3.05, 3.63) is 59.7 Å². The van der Waals surface area contributed by atoms with Gasteiger partial charge in [-0.2, -0.15) is 0 Å². The minimum absolute atomic E-state index is 0.0341. The maximum Gasteiger partial charge on any atom is 0.120 e. The SMILES string of the molecule is CCC[C@]1(C)N=C(c2ccc(OCC)cc2)C[C@H](c2ccccc2O)N1. The van der Waals surface area contributed by atoms with Gasteiger partial charge in [-0.3, -0.25) is 10.3 Å². The highest BCUT2D eigenvalue weighted by atomic mass is 16.5. The molecule has 0 saturated heterocycles. The first-order valence-corrected chi connectivity index (χ1v) is 9.42. The Morgan fingerprint density at radius 3 is 2.54 bits per heavy atom. The van der Waals surface area contributed by atoms with Crippen molar-refractivity contribution < 1.29 is 9.84 Å². The van der Waals surface area contributed by atoms with Crippen LogP contribution in [0.5, 0.6) is 11.5 Å². The molecule has 0 spiro atoms. The number of benzene rings is 2. The zero-order valence-electron chi connectivity index (χ0n) is 15.8. The van der Waals surface area contributed by atoms with Gasteiger partial charge in [-0.15, -0.1) is 0 Å². The normalized spacial score (nSPS) is 22.7. The van der Waals surface area contributed by atoms with Gasteiger partial charge in [0.2, 0.25) is 0 Å². The molecule has 0 aromatic heterocycles. The summed E-state index contributed by atoms with van der Waals surface area (Å²) in [5.41, 5.74) is 2.76. The Kier molecular flexibility index (Phi) is 5.62. The number of aromatic hydroxyl groups is 1. The van der Waals surface area contributed by atoms with E-state index in [2.05, 4.69) is 31.3 Å². The van der Waals surface area contributed by atoms with E-state index in [1.165, 1.54) is 0 Å². The molecule has 0 bridgehead atoms. The predicted molar refractivity (Wildman–Crippen MR) is 106 cm³/mol. The van der Waals surface area contributed by atoms with Gasteiger partial charge in [0.25, 0.3) is 0 Å². The lowest BCUT2D eigenvalue weighted by Gasteiger charge is -2.38. The lowest BCUT2D eigenvalue weighted by atomic mass is 9.91. The van der Waals surface area contributed by atoms with E-state index < -0.39 is 0 Å². The number of nitrogens with zero attached hydrogens (tertiary/aromatic N) is 1. The number of hydrogen-bond acceptors (Lipinski definition) is 4. The van der Waals surface area contributed by atoms with Crippen molar-refractivity contribution in [3.63, 3.8) is 0 Å². The predicted octanol–water partition coefficient (Wildman–Crippen LogP) is 4.83. The van der Waals surface area contributed by atoms with Crippen molar-refractivity contribution in [2.45, 2.75) is 51.7 Å². The maximum atomic E-state index is 10.3. The summed E-state index contributed by atoms with van der Waals surface area (Å²) in [6.07, 6.45) is 2.72. The summed E-state index contributed by atoms with van der Waals surface area (Å²) in [5.74, 6) is 1.20. The molecule has 0 fully saturated rings. The first-order valence-electron chi connectivity index (χ1n) is 9.42. The van der Waals surface area contributed by atoms with Gasteiger partial charge in [0, 0.05) is 23.7 Å². The van der Waals surface area contributed by atoms with Crippen molar-refractivity contribution >= 4 is 5.71 Å². The summed E-state index contributed by atoms with van der Waals surface area (Å²) >= 11 is 0. The zero-order chi connectivity index (χ0) is 18.6. The van der Waals surface area contributed by atoms with E-state index in [-0.39, 0.29) is 11.7 Å². The van der Waals surface area contributed by atoms with Crippen LogP contribution in [0.2, 0.25) is 0 Å². The smallest absolute Gasteiger partial charge is 0.120 e. The van der Waals surface area contributed by atoms with Crippen molar-refractivity contribution in [2.24, 2.45) is 4.99 Å². The molecule has 0 unspecified atom stereocenters. The molecule has 0 amide bonds. The molecular formula is C22H28N2O2. The second kappa shape index (κ2) is 7.92. The van der Waals surface area contributed by atoms with Gasteiger partial charge in [-0.1, -0.05) is 31.5 Å². The van der Waals surface area contributed by atoms with Crippen molar-refractivity contribution in [2.75, 3.05) is 6.61 Å². The van der Waals surface area contributed by atoms with Crippen LogP contribution in [-0.2, 0) is 0 Å². The number of nitrogens with one attached hydrogen (secondary N) is 1. The number of rotatable bonds is 6. The Morgan fingerprint density at radius 2 is 1.88 bits per heavy atom. The number of phenols is 1. The number of para-hydroxylation sites is 1. The molecule has 0 saturated carbocycles. The van der Waals surface area contributed by atoms with Crippen LogP contribution in [0.3, 0.4) is 0 Å². The van der Waals surface area contributed by atoms with E-state index in [0.717, 1.165) is 41.9 Å². The summed E-state index contributed by atoms with van der Waals surface area (Å²) in [6.45, 7) is 6.95. The molecule has 2 atom stereocenters. The van der Waals surface area contributed by atoms with Crippen LogP contribution in [0.4, 0.5) is 0 Å². The van der Waals surface area contributed by atoms with E-state index in [1.54, 1.807) is 6.07 Å². The first-order chi connectivity index (χ1) is 12.5. The largest absolute Gasteiger partial charge is 0.508 e. The molecule has 26 heavy (non-hydrogen) atoms. The highest BCUT2D eigenvalue weighted by molar-refractivity contribution is 6.01. The van der Waals surface area contributed by atoms with Gasteiger partial charge in [0.15, 0.2) is 0 Å². The third-order valence-corrected chi connectivity index (χ3v) is 4.81. The second-order valence-corrected chi connectivity index (χ2v) is 7.00. The van der Waals surface area contributed by atoms with Crippen molar-refractivity contribution in [1.29, 1.82) is 0 Å². The fourth-order valence-electron chi connectivity index (χ4n) is 3.67. The van der Waals surface area contributed by atoms with Crippen LogP contribution in [0.1, 0.15) is 57.2 Å². The topological polar surface area (TPSA) is 53.9 Å². The van der Waals surface area contributed by atoms with E-state index >= 15 is 0 Å². The molecule has 2 aromatic rings.